The van der Waals surface area contributed by atoms with E-state index in [9.17, 15) is 17.6 Å². The van der Waals surface area contributed by atoms with E-state index in [1.807, 2.05) is 0 Å². The number of hydrogen-bond acceptors (Lipinski definition) is 3. The molecule has 0 N–H and O–H groups in total. The highest BCUT2D eigenvalue weighted by Gasteiger charge is 2.28. The molecular weight excluding hydrogens is 319 g/mol. The molecule has 0 aliphatic carbocycles. The number of sulfonamides is 1. The Morgan fingerprint density at radius 1 is 1.48 bits per heavy atom. The van der Waals surface area contributed by atoms with E-state index in [0.717, 1.165) is 16.6 Å². The van der Waals surface area contributed by atoms with Gasteiger partial charge in [0.05, 0.1) is 18.5 Å². The van der Waals surface area contributed by atoms with Crippen molar-refractivity contribution in [1.29, 1.82) is 0 Å². The van der Waals surface area contributed by atoms with Crippen molar-refractivity contribution in [3.05, 3.63) is 28.5 Å². The first-order valence-electron chi connectivity index (χ1n) is 6.39. The summed E-state index contributed by atoms with van der Waals surface area (Å²) >= 11 is 5.82. The highest BCUT2D eigenvalue weighted by atomic mass is 35.5. The molecule has 0 saturated heterocycles. The quantitative estimate of drug-likeness (QED) is 0.844. The lowest BCUT2D eigenvalue weighted by molar-refractivity contribution is -0.118. The molecular formula is C13H16ClFN2O3S. The van der Waals surface area contributed by atoms with Gasteiger partial charge in [-0.2, -0.15) is 4.31 Å². The molecule has 2 rings (SSSR count). The lowest BCUT2D eigenvalue weighted by Gasteiger charge is -2.31. The smallest absolute Gasteiger partial charge is 0.242 e. The van der Waals surface area contributed by atoms with Gasteiger partial charge in [0.2, 0.25) is 15.9 Å². The van der Waals surface area contributed by atoms with Gasteiger partial charge in [-0.15, -0.1) is 0 Å². The van der Waals surface area contributed by atoms with Crippen LogP contribution in [-0.4, -0.2) is 45.0 Å². The second-order valence-corrected chi connectivity index (χ2v) is 7.59. The monoisotopic (exact) mass is 334 g/mol. The van der Waals surface area contributed by atoms with Gasteiger partial charge >= 0.3 is 0 Å². The lowest BCUT2D eigenvalue weighted by atomic mass is 10.0. The minimum absolute atomic E-state index is 0.206. The third kappa shape index (κ3) is 3.53. The second kappa shape index (κ2) is 5.90. The predicted octanol–water partition coefficient (Wildman–Crippen LogP) is 1.65. The molecule has 8 heteroatoms. The van der Waals surface area contributed by atoms with Crippen molar-refractivity contribution in [2.24, 2.45) is 0 Å². The molecule has 21 heavy (non-hydrogen) atoms. The molecule has 1 heterocycles. The number of aryl methyl sites for hydroxylation is 1. The standard InChI is InChI=1S/C13H16ClFN2O3S/c1-16(21(2,19)20)8-12(18)17-5-3-4-9-6-10(14)7-11(15)13(9)17/h6-7H,3-5,8H2,1-2H3. The van der Waals surface area contributed by atoms with Crippen molar-refractivity contribution in [3.8, 4) is 0 Å². The predicted molar refractivity (Wildman–Crippen MR) is 79.6 cm³/mol. The molecule has 0 radical (unpaired) electrons. The van der Waals surface area contributed by atoms with E-state index in [-0.39, 0.29) is 17.3 Å². The number of carbonyl (C=O) groups is 1. The minimum atomic E-state index is -3.46. The molecule has 1 aromatic rings. The molecule has 1 aliphatic heterocycles. The second-order valence-electron chi connectivity index (χ2n) is 5.06. The number of anilines is 1. The fraction of sp³-hybridized carbons (Fsp3) is 0.462. The van der Waals surface area contributed by atoms with E-state index in [4.69, 9.17) is 11.6 Å². The summed E-state index contributed by atoms with van der Waals surface area (Å²) in [7, 11) is -2.14. The van der Waals surface area contributed by atoms with Gasteiger partial charge in [-0.1, -0.05) is 11.6 Å². The van der Waals surface area contributed by atoms with Gasteiger partial charge < -0.3 is 4.90 Å². The minimum Gasteiger partial charge on any atom is -0.308 e. The third-order valence-corrected chi connectivity index (χ3v) is 4.91. The molecule has 5 nitrogen and oxygen atoms in total. The lowest BCUT2D eigenvalue weighted by Crippen LogP contribution is -2.43. The van der Waals surface area contributed by atoms with Crippen LogP contribution in [0, 0.1) is 5.82 Å². The summed E-state index contributed by atoms with van der Waals surface area (Å²) in [6.07, 6.45) is 2.34. The van der Waals surface area contributed by atoms with E-state index in [0.29, 0.717) is 24.9 Å². The summed E-state index contributed by atoms with van der Waals surface area (Å²) in [5, 5.41) is 0.286. The van der Waals surface area contributed by atoms with Crippen molar-refractivity contribution < 1.29 is 17.6 Å². The first-order chi connectivity index (χ1) is 9.70. The van der Waals surface area contributed by atoms with Crippen LogP contribution in [0.25, 0.3) is 0 Å². The highest BCUT2D eigenvalue weighted by molar-refractivity contribution is 7.88. The maximum atomic E-state index is 14.1. The summed E-state index contributed by atoms with van der Waals surface area (Å²) < 4.78 is 37.8. The van der Waals surface area contributed by atoms with E-state index < -0.39 is 21.7 Å². The van der Waals surface area contributed by atoms with Gasteiger partial charge in [-0.05, 0) is 30.5 Å². The molecule has 0 atom stereocenters. The molecule has 0 unspecified atom stereocenters. The molecule has 1 amide bonds. The number of hydrogen-bond donors (Lipinski definition) is 0. The Bertz CT molecular complexity index is 678. The SMILES string of the molecule is CN(CC(=O)N1CCCc2cc(Cl)cc(F)c21)S(C)(=O)=O. The van der Waals surface area contributed by atoms with Crippen LogP contribution in [-0.2, 0) is 21.2 Å². The Kier molecular flexibility index (Phi) is 4.55. The fourth-order valence-corrected chi connectivity index (χ4v) is 2.87. The fourth-order valence-electron chi connectivity index (χ4n) is 2.29. The van der Waals surface area contributed by atoms with Crippen LogP contribution >= 0.6 is 11.6 Å². The first kappa shape index (κ1) is 16.2. The summed E-state index contributed by atoms with van der Waals surface area (Å²) in [4.78, 5) is 13.6. The molecule has 1 aliphatic rings. The first-order valence-corrected chi connectivity index (χ1v) is 8.62. The summed E-state index contributed by atoms with van der Waals surface area (Å²) in [5.41, 5.74) is 0.874. The Morgan fingerprint density at radius 2 is 2.14 bits per heavy atom. The zero-order chi connectivity index (χ0) is 15.8. The van der Waals surface area contributed by atoms with E-state index in [2.05, 4.69) is 0 Å². The molecule has 0 aromatic heterocycles. The van der Waals surface area contributed by atoms with Crippen LogP contribution in [0.5, 0.6) is 0 Å². The van der Waals surface area contributed by atoms with E-state index in [1.54, 1.807) is 6.07 Å². The Hall–Kier alpha value is -1.18. The zero-order valence-corrected chi connectivity index (χ0v) is 13.3. The maximum absolute atomic E-state index is 14.1. The number of likely N-dealkylation sites (N-methyl/N-ethyl adjacent to an activating group) is 1. The third-order valence-electron chi connectivity index (χ3n) is 3.43. The van der Waals surface area contributed by atoms with Gasteiger partial charge in [0.15, 0.2) is 0 Å². The average molecular weight is 335 g/mol. The zero-order valence-electron chi connectivity index (χ0n) is 11.8. The average Bonchev–Trinajstić information content (AvgIpc) is 2.36. The Labute approximate surface area is 128 Å². The van der Waals surface area contributed by atoms with Crippen LogP contribution in [0.2, 0.25) is 5.02 Å². The molecule has 1 aromatic carbocycles. The van der Waals surface area contributed by atoms with Crippen molar-refractivity contribution in [2.75, 3.05) is 31.3 Å². The van der Waals surface area contributed by atoms with E-state index >= 15 is 0 Å². The number of halogens is 2. The van der Waals surface area contributed by atoms with Gasteiger partial charge in [0.1, 0.15) is 5.82 Å². The van der Waals surface area contributed by atoms with Crippen LogP contribution < -0.4 is 4.90 Å². The summed E-state index contributed by atoms with van der Waals surface area (Å²) in [5.74, 6) is -1.02. The van der Waals surface area contributed by atoms with Crippen molar-refractivity contribution in [2.45, 2.75) is 12.8 Å². The number of nitrogens with zero attached hydrogens (tertiary/aromatic N) is 2. The van der Waals surface area contributed by atoms with Crippen molar-refractivity contribution in [1.82, 2.24) is 4.31 Å². The Balaban J connectivity index is 2.30. The van der Waals surface area contributed by atoms with Crippen LogP contribution in [0.1, 0.15) is 12.0 Å². The topological polar surface area (TPSA) is 57.7 Å². The maximum Gasteiger partial charge on any atom is 0.242 e. The Morgan fingerprint density at radius 3 is 2.76 bits per heavy atom. The molecule has 116 valence electrons. The number of rotatable bonds is 3. The number of carbonyl (C=O) groups excluding carboxylic acids is 1. The van der Waals surface area contributed by atoms with Crippen LogP contribution in [0.4, 0.5) is 10.1 Å². The van der Waals surface area contributed by atoms with Gasteiger partial charge in [0.25, 0.3) is 0 Å². The van der Waals surface area contributed by atoms with Crippen LogP contribution in [0.3, 0.4) is 0 Å². The largest absolute Gasteiger partial charge is 0.308 e. The van der Waals surface area contributed by atoms with Crippen molar-refractivity contribution >= 4 is 33.2 Å². The molecule has 0 bridgehead atoms. The van der Waals surface area contributed by atoms with Crippen LogP contribution in [0.15, 0.2) is 12.1 Å². The summed E-state index contributed by atoms with van der Waals surface area (Å²) in [6.45, 7) is 0.0440. The number of amides is 1. The highest BCUT2D eigenvalue weighted by Crippen LogP contribution is 2.32. The molecule has 0 spiro atoms. The normalized spacial score (nSPS) is 15.2. The van der Waals surface area contributed by atoms with Gasteiger partial charge in [0, 0.05) is 18.6 Å². The molecule has 0 fully saturated rings. The number of benzene rings is 1. The van der Waals surface area contributed by atoms with Gasteiger partial charge in [-0.25, -0.2) is 12.8 Å². The number of fused-ring (bicyclic) bond motifs is 1. The molecule has 0 saturated carbocycles. The van der Waals surface area contributed by atoms with Gasteiger partial charge in [-0.3, -0.25) is 4.79 Å². The van der Waals surface area contributed by atoms with Crippen molar-refractivity contribution in [3.63, 3.8) is 0 Å². The van der Waals surface area contributed by atoms with E-state index in [1.165, 1.54) is 11.9 Å². The summed E-state index contributed by atoms with van der Waals surface area (Å²) in [6, 6.07) is 2.80.